The molecule has 4 heteroatoms. The van der Waals surface area contributed by atoms with Gasteiger partial charge in [-0.25, -0.2) is 9.59 Å². The molecule has 178 valence electrons. The van der Waals surface area contributed by atoms with Gasteiger partial charge in [-0.15, -0.1) is 0 Å². The summed E-state index contributed by atoms with van der Waals surface area (Å²) in [6, 6.07) is 6.77. The highest BCUT2D eigenvalue weighted by atomic mass is 16.5. The smallest absolute Gasteiger partial charge is 0.338 e. The first kappa shape index (κ1) is 24.8. The fourth-order valence-electron chi connectivity index (χ4n) is 5.65. The van der Waals surface area contributed by atoms with E-state index in [1.54, 1.807) is 24.3 Å². The number of rotatable bonds is 6. The van der Waals surface area contributed by atoms with Crippen molar-refractivity contribution in [2.45, 2.75) is 92.3 Å². The fourth-order valence-corrected chi connectivity index (χ4v) is 5.65. The molecule has 0 aromatic heterocycles. The standard InChI is InChI=1S/C28H42O4/c1-17(2)23-13-7-19(5)15-25(23)31-27(29)21-9-11-22(12-10-21)28(30)32-26-16-20(6)8-14-24(26)18(3)4/h9-12,17-20,23-26H,7-8,13-16H2,1-6H3/t19-,20+,23-,24-,25+,26-/m1/s1. The second-order valence-corrected chi connectivity index (χ2v) is 11.1. The van der Waals surface area contributed by atoms with Gasteiger partial charge in [-0.3, -0.25) is 0 Å². The van der Waals surface area contributed by atoms with E-state index in [0.29, 0.717) is 46.6 Å². The van der Waals surface area contributed by atoms with E-state index in [4.69, 9.17) is 9.47 Å². The van der Waals surface area contributed by atoms with E-state index in [9.17, 15) is 9.59 Å². The third-order valence-corrected chi connectivity index (χ3v) is 7.80. The maximum atomic E-state index is 12.8. The highest BCUT2D eigenvalue weighted by Gasteiger charge is 2.35. The Hall–Kier alpha value is -1.84. The summed E-state index contributed by atoms with van der Waals surface area (Å²) in [6.07, 6.45) is 6.41. The lowest BCUT2D eigenvalue weighted by atomic mass is 9.75. The second kappa shape index (κ2) is 10.9. The summed E-state index contributed by atoms with van der Waals surface area (Å²) in [6.45, 7) is 13.3. The van der Waals surface area contributed by atoms with Gasteiger partial charge in [0, 0.05) is 0 Å². The lowest BCUT2D eigenvalue weighted by Crippen LogP contribution is -2.36. The molecule has 0 amide bonds. The van der Waals surface area contributed by atoms with Crippen LogP contribution in [0.15, 0.2) is 24.3 Å². The largest absolute Gasteiger partial charge is 0.458 e. The van der Waals surface area contributed by atoms with Crippen LogP contribution in [0.3, 0.4) is 0 Å². The van der Waals surface area contributed by atoms with E-state index in [2.05, 4.69) is 41.5 Å². The third-order valence-electron chi connectivity index (χ3n) is 7.80. The molecule has 32 heavy (non-hydrogen) atoms. The molecule has 0 radical (unpaired) electrons. The van der Waals surface area contributed by atoms with Crippen LogP contribution in [0.2, 0.25) is 0 Å². The van der Waals surface area contributed by atoms with Crippen molar-refractivity contribution in [2.75, 3.05) is 0 Å². The topological polar surface area (TPSA) is 52.6 Å². The summed E-state index contributed by atoms with van der Waals surface area (Å²) in [5.41, 5.74) is 0.988. The van der Waals surface area contributed by atoms with E-state index < -0.39 is 0 Å². The number of benzene rings is 1. The Morgan fingerprint density at radius 1 is 0.688 bits per heavy atom. The first-order valence-electron chi connectivity index (χ1n) is 12.7. The first-order chi connectivity index (χ1) is 15.2. The number of carbonyl (C=O) groups excluding carboxylic acids is 2. The Labute approximate surface area is 194 Å². The molecule has 0 aliphatic heterocycles. The summed E-state index contributed by atoms with van der Waals surface area (Å²) < 4.78 is 11.9. The van der Waals surface area contributed by atoms with E-state index in [0.717, 1.165) is 25.7 Å². The molecule has 6 atom stereocenters. The Balaban J connectivity index is 1.62. The van der Waals surface area contributed by atoms with Gasteiger partial charge in [-0.05, 0) is 85.5 Å². The van der Waals surface area contributed by atoms with E-state index >= 15 is 0 Å². The molecular formula is C28H42O4. The fraction of sp³-hybridized carbons (Fsp3) is 0.714. The predicted octanol–water partition coefficient (Wildman–Crippen LogP) is 6.92. The Morgan fingerprint density at radius 3 is 1.34 bits per heavy atom. The molecule has 2 aliphatic carbocycles. The summed E-state index contributed by atoms with van der Waals surface area (Å²) in [5, 5.41) is 0. The lowest BCUT2D eigenvalue weighted by molar-refractivity contribution is -0.0185. The first-order valence-corrected chi connectivity index (χ1v) is 12.7. The molecule has 1 aromatic rings. The van der Waals surface area contributed by atoms with Crippen molar-refractivity contribution < 1.29 is 19.1 Å². The molecule has 0 unspecified atom stereocenters. The zero-order valence-corrected chi connectivity index (χ0v) is 20.8. The minimum atomic E-state index is -0.296. The normalized spacial score (nSPS) is 30.9. The molecule has 0 bridgehead atoms. The highest BCUT2D eigenvalue weighted by molar-refractivity contribution is 5.93. The molecule has 0 spiro atoms. The van der Waals surface area contributed by atoms with Gasteiger partial charge < -0.3 is 9.47 Å². The molecule has 2 saturated carbocycles. The van der Waals surface area contributed by atoms with Gasteiger partial charge in [-0.1, -0.05) is 54.4 Å². The van der Waals surface area contributed by atoms with Crippen LogP contribution in [0.4, 0.5) is 0 Å². The van der Waals surface area contributed by atoms with Gasteiger partial charge in [0.25, 0.3) is 0 Å². The van der Waals surface area contributed by atoms with Gasteiger partial charge in [0.15, 0.2) is 0 Å². The number of hydrogen-bond acceptors (Lipinski definition) is 4. The number of hydrogen-bond donors (Lipinski definition) is 0. The highest BCUT2D eigenvalue weighted by Crippen LogP contribution is 2.37. The molecular weight excluding hydrogens is 400 g/mol. The van der Waals surface area contributed by atoms with Crippen LogP contribution in [-0.2, 0) is 9.47 Å². The summed E-state index contributed by atoms with van der Waals surface area (Å²) in [7, 11) is 0. The average molecular weight is 443 g/mol. The Kier molecular flexibility index (Phi) is 8.41. The zero-order chi connectivity index (χ0) is 23.4. The minimum absolute atomic E-state index is 0.0304. The Morgan fingerprint density at radius 2 is 1.03 bits per heavy atom. The van der Waals surface area contributed by atoms with Gasteiger partial charge in [0.2, 0.25) is 0 Å². The van der Waals surface area contributed by atoms with Crippen LogP contribution in [0.5, 0.6) is 0 Å². The second-order valence-electron chi connectivity index (χ2n) is 11.1. The molecule has 0 heterocycles. The number of esters is 2. The van der Waals surface area contributed by atoms with Crippen molar-refractivity contribution in [1.29, 1.82) is 0 Å². The minimum Gasteiger partial charge on any atom is -0.458 e. The number of ether oxygens (including phenoxy) is 2. The van der Waals surface area contributed by atoms with Gasteiger partial charge in [0.1, 0.15) is 12.2 Å². The van der Waals surface area contributed by atoms with Crippen molar-refractivity contribution in [3.63, 3.8) is 0 Å². The van der Waals surface area contributed by atoms with Crippen molar-refractivity contribution in [3.8, 4) is 0 Å². The SMILES string of the molecule is CC(C)[C@H]1CC[C@@H](C)C[C@@H]1OC(=O)c1ccc(C(=O)O[C@@H]2C[C@@H](C)CC[C@@H]2C(C)C)cc1. The van der Waals surface area contributed by atoms with Crippen molar-refractivity contribution in [3.05, 3.63) is 35.4 Å². The summed E-state index contributed by atoms with van der Waals surface area (Å²) in [4.78, 5) is 25.6. The van der Waals surface area contributed by atoms with Crippen molar-refractivity contribution >= 4 is 11.9 Å². The molecule has 3 rings (SSSR count). The summed E-state index contributed by atoms with van der Waals surface area (Å²) in [5.74, 6) is 2.39. The molecule has 4 nitrogen and oxygen atoms in total. The van der Waals surface area contributed by atoms with Crippen LogP contribution in [0.25, 0.3) is 0 Å². The maximum Gasteiger partial charge on any atom is 0.338 e. The van der Waals surface area contributed by atoms with Crippen LogP contribution in [0.1, 0.15) is 101 Å². The van der Waals surface area contributed by atoms with Crippen LogP contribution >= 0.6 is 0 Å². The molecule has 0 saturated heterocycles. The monoisotopic (exact) mass is 442 g/mol. The van der Waals surface area contributed by atoms with E-state index in [1.807, 2.05) is 0 Å². The molecule has 0 N–H and O–H groups in total. The number of carbonyl (C=O) groups is 2. The maximum absolute atomic E-state index is 12.8. The van der Waals surface area contributed by atoms with E-state index in [1.165, 1.54) is 12.8 Å². The van der Waals surface area contributed by atoms with Crippen molar-refractivity contribution in [1.82, 2.24) is 0 Å². The van der Waals surface area contributed by atoms with Gasteiger partial charge in [0.05, 0.1) is 11.1 Å². The average Bonchev–Trinajstić information content (AvgIpc) is 2.73. The van der Waals surface area contributed by atoms with Crippen LogP contribution < -0.4 is 0 Å². The Bertz CT molecular complexity index is 701. The molecule has 1 aromatic carbocycles. The third kappa shape index (κ3) is 6.14. The quantitative estimate of drug-likeness (QED) is 0.449. The van der Waals surface area contributed by atoms with Crippen LogP contribution in [-0.4, -0.2) is 24.1 Å². The molecule has 2 fully saturated rings. The lowest BCUT2D eigenvalue weighted by Gasteiger charge is -2.36. The van der Waals surface area contributed by atoms with Crippen molar-refractivity contribution in [2.24, 2.45) is 35.5 Å². The molecule has 2 aliphatic rings. The summed E-state index contributed by atoms with van der Waals surface area (Å²) >= 11 is 0. The van der Waals surface area contributed by atoms with Crippen LogP contribution in [0, 0.1) is 35.5 Å². The zero-order valence-electron chi connectivity index (χ0n) is 20.8. The predicted molar refractivity (Wildman–Crippen MR) is 128 cm³/mol. The van der Waals surface area contributed by atoms with E-state index in [-0.39, 0.29) is 24.1 Å². The van der Waals surface area contributed by atoms with Gasteiger partial charge >= 0.3 is 11.9 Å². The van der Waals surface area contributed by atoms with Gasteiger partial charge in [-0.2, -0.15) is 0 Å².